The summed E-state index contributed by atoms with van der Waals surface area (Å²) in [5.41, 5.74) is 0. The lowest BCUT2D eigenvalue weighted by Gasteiger charge is -2.24. The van der Waals surface area contributed by atoms with Crippen molar-refractivity contribution in [3.05, 3.63) is 0 Å². The molecule has 0 bridgehead atoms. The maximum atomic E-state index is 11.1. The van der Waals surface area contributed by atoms with E-state index < -0.39 is 9.84 Å². The molecule has 92 valence electrons. The average Bonchev–Trinajstić information content (AvgIpc) is 2.11. The Morgan fingerprint density at radius 1 is 1.20 bits per heavy atom. The lowest BCUT2D eigenvalue weighted by atomic mass is 9.95. The zero-order valence-electron chi connectivity index (χ0n) is 10.4. The minimum Gasteiger partial charge on any atom is -0.314 e. The molecule has 15 heavy (non-hydrogen) atoms. The quantitative estimate of drug-likeness (QED) is 0.698. The Balaban J connectivity index is 4.14. The van der Waals surface area contributed by atoms with Crippen LogP contribution in [0.2, 0.25) is 0 Å². The first-order valence-electron chi connectivity index (χ1n) is 5.81. The van der Waals surface area contributed by atoms with Gasteiger partial charge in [0.2, 0.25) is 0 Å². The Labute approximate surface area is 94.6 Å². The summed E-state index contributed by atoms with van der Waals surface area (Å²) in [6.07, 6.45) is 4.34. The van der Waals surface area contributed by atoms with Gasteiger partial charge in [0.25, 0.3) is 0 Å². The van der Waals surface area contributed by atoms with Gasteiger partial charge in [-0.1, -0.05) is 27.2 Å². The highest BCUT2D eigenvalue weighted by atomic mass is 32.2. The molecule has 2 atom stereocenters. The first-order chi connectivity index (χ1) is 6.90. The van der Waals surface area contributed by atoms with Crippen molar-refractivity contribution in [2.24, 2.45) is 5.92 Å². The van der Waals surface area contributed by atoms with E-state index in [1.165, 1.54) is 6.26 Å². The van der Waals surface area contributed by atoms with Gasteiger partial charge in [-0.3, -0.25) is 0 Å². The third kappa shape index (κ3) is 7.79. The summed E-state index contributed by atoms with van der Waals surface area (Å²) < 4.78 is 22.2. The Hall–Kier alpha value is -0.0900. The van der Waals surface area contributed by atoms with Crippen molar-refractivity contribution in [1.29, 1.82) is 0 Å². The summed E-state index contributed by atoms with van der Waals surface area (Å²) in [7, 11) is -2.83. The SMILES string of the molecule is CCCC(C)C(CCS(C)(=O)=O)NCC. The monoisotopic (exact) mass is 235 g/mol. The lowest BCUT2D eigenvalue weighted by Crippen LogP contribution is -2.36. The Morgan fingerprint density at radius 2 is 1.80 bits per heavy atom. The van der Waals surface area contributed by atoms with Crippen LogP contribution in [-0.2, 0) is 9.84 Å². The smallest absolute Gasteiger partial charge is 0.147 e. The predicted octanol–water partition coefficient (Wildman–Crippen LogP) is 1.84. The van der Waals surface area contributed by atoms with E-state index in [1.807, 2.05) is 0 Å². The van der Waals surface area contributed by atoms with Crippen molar-refractivity contribution in [3.8, 4) is 0 Å². The fraction of sp³-hybridized carbons (Fsp3) is 1.00. The molecule has 1 N–H and O–H groups in total. The third-order valence-electron chi connectivity index (χ3n) is 2.70. The third-order valence-corrected chi connectivity index (χ3v) is 3.67. The van der Waals surface area contributed by atoms with Gasteiger partial charge in [-0.05, 0) is 25.3 Å². The summed E-state index contributed by atoms with van der Waals surface area (Å²) >= 11 is 0. The molecule has 3 nitrogen and oxygen atoms in total. The molecular formula is C11H25NO2S. The van der Waals surface area contributed by atoms with Gasteiger partial charge in [-0.2, -0.15) is 0 Å². The molecule has 0 aromatic heterocycles. The van der Waals surface area contributed by atoms with Gasteiger partial charge in [-0.15, -0.1) is 0 Å². The Bertz CT molecular complexity index is 249. The average molecular weight is 235 g/mol. The number of rotatable bonds is 8. The molecule has 0 spiro atoms. The van der Waals surface area contributed by atoms with Crippen LogP contribution in [0.25, 0.3) is 0 Å². The second kappa shape index (κ2) is 7.23. The van der Waals surface area contributed by atoms with Gasteiger partial charge in [-0.25, -0.2) is 8.42 Å². The minimum atomic E-state index is -2.83. The van der Waals surface area contributed by atoms with Crippen LogP contribution < -0.4 is 5.32 Å². The zero-order chi connectivity index (χ0) is 11.9. The number of hydrogen-bond acceptors (Lipinski definition) is 3. The standard InChI is InChI=1S/C11H25NO2S/c1-5-7-10(3)11(12-6-2)8-9-15(4,13)14/h10-12H,5-9H2,1-4H3. The number of sulfone groups is 1. The highest BCUT2D eigenvalue weighted by Gasteiger charge is 2.17. The maximum Gasteiger partial charge on any atom is 0.147 e. The molecule has 0 saturated carbocycles. The predicted molar refractivity (Wildman–Crippen MR) is 65.9 cm³/mol. The van der Waals surface area contributed by atoms with Gasteiger partial charge in [0, 0.05) is 12.3 Å². The first-order valence-corrected chi connectivity index (χ1v) is 7.87. The highest BCUT2D eigenvalue weighted by molar-refractivity contribution is 7.90. The summed E-state index contributed by atoms with van der Waals surface area (Å²) in [5.74, 6) is 0.843. The van der Waals surface area contributed by atoms with Gasteiger partial charge >= 0.3 is 0 Å². The van der Waals surface area contributed by atoms with E-state index in [1.54, 1.807) is 0 Å². The second-order valence-corrected chi connectivity index (χ2v) is 6.61. The van der Waals surface area contributed by atoms with Crippen LogP contribution in [0.4, 0.5) is 0 Å². The fourth-order valence-corrected chi connectivity index (χ4v) is 2.53. The largest absolute Gasteiger partial charge is 0.314 e. The molecule has 0 rings (SSSR count). The molecule has 0 heterocycles. The van der Waals surface area contributed by atoms with E-state index in [-0.39, 0.29) is 0 Å². The molecule has 0 aromatic rings. The van der Waals surface area contributed by atoms with Crippen molar-refractivity contribution in [1.82, 2.24) is 5.32 Å². The van der Waals surface area contributed by atoms with Crippen LogP contribution in [-0.4, -0.2) is 33.0 Å². The second-order valence-electron chi connectivity index (χ2n) is 4.35. The number of hydrogen-bond donors (Lipinski definition) is 1. The summed E-state index contributed by atoms with van der Waals surface area (Å²) in [5, 5.41) is 3.38. The Morgan fingerprint density at radius 3 is 2.20 bits per heavy atom. The molecule has 0 fully saturated rings. The van der Waals surface area contributed by atoms with Crippen molar-refractivity contribution >= 4 is 9.84 Å². The van der Waals surface area contributed by atoms with E-state index in [4.69, 9.17) is 0 Å². The van der Waals surface area contributed by atoms with Crippen LogP contribution in [0, 0.1) is 5.92 Å². The molecule has 2 unspecified atom stereocenters. The van der Waals surface area contributed by atoms with Crippen LogP contribution in [0.3, 0.4) is 0 Å². The zero-order valence-corrected chi connectivity index (χ0v) is 11.2. The molecule has 0 saturated heterocycles. The summed E-state index contributed by atoms with van der Waals surface area (Å²) in [6.45, 7) is 7.32. The fourth-order valence-electron chi connectivity index (χ4n) is 1.85. The van der Waals surface area contributed by atoms with Crippen molar-refractivity contribution in [3.63, 3.8) is 0 Å². The van der Waals surface area contributed by atoms with E-state index in [0.29, 0.717) is 17.7 Å². The van der Waals surface area contributed by atoms with Gasteiger partial charge in [0.15, 0.2) is 0 Å². The van der Waals surface area contributed by atoms with Crippen molar-refractivity contribution < 1.29 is 8.42 Å². The van der Waals surface area contributed by atoms with Crippen LogP contribution >= 0.6 is 0 Å². The molecule has 0 aliphatic rings. The van der Waals surface area contributed by atoms with Crippen LogP contribution in [0.15, 0.2) is 0 Å². The van der Waals surface area contributed by atoms with E-state index in [2.05, 4.69) is 26.1 Å². The molecule has 0 aromatic carbocycles. The van der Waals surface area contributed by atoms with Gasteiger partial charge in [0.05, 0.1) is 5.75 Å². The van der Waals surface area contributed by atoms with Crippen LogP contribution in [0.5, 0.6) is 0 Å². The Kier molecular flexibility index (Phi) is 7.18. The molecule has 0 radical (unpaired) electrons. The number of nitrogens with one attached hydrogen (secondary N) is 1. The maximum absolute atomic E-state index is 11.1. The molecule has 0 amide bonds. The first kappa shape index (κ1) is 14.9. The molecular weight excluding hydrogens is 210 g/mol. The molecule has 4 heteroatoms. The van der Waals surface area contributed by atoms with E-state index in [0.717, 1.165) is 25.8 Å². The van der Waals surface area contributed by atoms with Gasteiger partial charge < -0.3 is 5.32 Å². The summed E-state index contributed by atoms with van der Waals surface area (Å²) in [4.78, 5) is 0. The van der Waals surface area contributed by atoms with E-state index in [9.17, 15) is 8.42 Å². The lowest BCUT2D eigenvalue weighted by molar-refractivity contribution is 0.352. The minimum absolute atomic E-state index is 0.290. The van der Waals surface area contributed by atoms with Crippen LogP contribution in [0.1, 0.15) is 40.0 Å². The molecule has 0 aliphatic heterocycles. The van der Waals surface area contributed by atoms with Gasteiger partial charge in [0.1, 0.15) is 9.84 Å². The highest BCUT2D eigenvalue weighted by Crippen LogP contribution is 2.14. The summed E-state index contributed by atoms with van der Waals surface area (Å²) in [6, 6.07) is 0.338. The van der Waals surface area contributed by atoms with Crippen molar-refractivity contribution in [2.75, 3.05) is 18.6 Å². The topological polar surface area (TPSA) is 46.2 Å². The van der Waals surface area contributed by atoms with E-state index >= 15 is 0 Å². The molecule has 0 aliphatic carbocycles. The normalized spacial score (nSPS) is 16.3. The van der Waals surface area contributed by atoms with Crippen molar-refractivity contribution in [2.45, 2.75) is 46.1 Å².